The van der Waals surface area contributed by atoms with Gasteiger partial charge in [-0.25, -0.2) is 0 Å². The third kappa shape index (κ3) is 17.6. The summed E-state index contributed by atoms with van der Waals surface area (Å²) in [6.45, 7) is 0. The summed E-state index contributed by atoms with van der Waals surface area (Å²) in [6, 6.07) is 0. The van der Waals surface area contributed by atoms with Gasteiger partial charge in [-0.2, -0.15) is 0 Å². The summed E-state index contributed by atoms with van der Waals surface area (Å²) in [4.78, 5) is 20.5. The van der Waals surface area contributed by atoms with Crippen LogP contribution in [0.4, 0.5) is 0 Å². The fraction of sp³-hybridized carbons (Fsp3) is 0.846. The average Bonchev–Trinajstić information content (AvgIpc) is 2.25. The van der Waals surface area contributed by atoms with Gasteiger partial charge in [-0.05, 0) is 12.8 Å². The second-order valence-corrected chi connectivity index (χ2v) is 4.47. The van der Waals surface area contributed by atoms with Crippen molar-refractivity contribution >= 4 is 24.3 Å². The number of unbranched alkanes of at least 4 members (excludes halogenated alkanes) is 8. The molecular weight excluding hydrogens is 256 g/mol. The predicted octanol–water partition coefficient (Wildman–Crippen LogP) is 3.87. The summed E-state index contributed by atoms with van der Waals surface area (Å²) in [5, 5.41) is 16.9. The molecule has 0 aromatic carbocycles. The molecule has 5 heteroatoms. The molecule has 0 saturated carbocycles. The Morgan fingerprint density at radius 1 is 0.556 bits per heavy atom. The van der Waals surface area contributed by atoms with Gasteiger partial charge in [0.25, 0.3) is 0 Å². The summed E-state index contributed by atoms with van der Waals surface area (Å²) >= 11 is 0. The minimum Gasteiger partial charge on any atom is -0.481 e. The first-order valence-electron chi connectivity index (χ1n) is 6.56. The lowest BCUT2D eigenvalue weighted by atomic mass is 10.1. The SMILES string of the molecule is Cl.O=C(O)CCCCCCCCCCCC(=O)O. The van der Waals surface area contributed by atoms with Crippen LogP contribution in [0.1, 0.15) is 70.6 Å². The molecule has 0 bridgehead atoms. The lowest BCUT2D eigenvalue weighted by Gasteiger charge is -2.01. The summed E-state index contributed by atoms with van der Waals surface area (Å²) in [6.07, 6.45) is 9.89. The van der Waals surface area contributed by atoms with Crippen LogP contribution < -0.4 is 0 Å². The molecule has 0 heterocycles. The third-order valence-electron chi connectivity index (χ3n) is 2.78. The summed E-state index contributed by atoms with van der Waals surface area (Å²) in [7, 11) is 0. The van der Waals surface area contributed by atoms with E-state index in [9.17, 15) is 9.59 Å². The van der Waals surface area contributed by atoms with Crippen molar-refractivity contribution in [2.75, 3.05) is 0 Å². The van der Waals surface area contributed by atoms with Crippen molar-refractivity contribution in [3.8, 4) is 0 Å². The van der Waals surface area contributed by atoms with Crippen molar-refractivity contribution in [2.45, 2.75) is 70.6 Å². The second kappa shape index (κ2) is 14.3. The quantitative estimate of drug-likeness (QED) is 0.532. The Balaban J connectivity index is 0. The largest absolute Gasteiger partial charge is 0.481 e. The van der Waals surface area contributed by atoms with Gasteiger partial charge < -0.3 is 10.2 Å². The second-order valence-electron chi connectivity index (χ2n) is 4.47. The highest BCUT2D eigenvalue weighted by Crippen LogP contribution is 2.11. The number of carboxylic acids is 2. The molecule has 2 N–H and O–H groups in total. The van der Waals surface area contributed by atoms with E-state index < -0.39 is 11.9 Å². The smallest absolute Gasteiger partial charge is 0.303 e. The zero-order valence-electron chi connectivity index (χ0n) is 10.9. The highest BCUT2D eigenvalue weighted by molar-refractivity contribution is 5.85. The fourth-order valence-electron chi connectivity index (χ4n) is 1.79. The lowest BCUT2D eigenvalue weighted by Crippen LogP contribution is -1.94. The number of hydrogen-bond acceptors (Lipinski definition) is 2. The summed E-state index contributed by atoms with van der Waals surface area (Å²) in [5.74, 6) is -1.41. The number of halogens is 1. The Labute approximate surface area is 115 Å². The molecule has 0 atom stereocenters. The molecule has 0 aliphatic carbocycles. The molecule has 0 spiro atoms. The van der Waals surface area contributed by atoms with Crippen LogP contribution in [0.5, 0.6) is 0 Å². The molecule has 0 rings (SSSR count). The van der Waals surface area contributed by atoms with Gasteiger partial charge in [0, 0.05) is 12.8 Å². The Kier molecular flexibility index (Phi) is 15.5. The minimum atomic E-state index is -0.705. The van der Waals surface area contributed by atoms with Gasteiger partial charge >= 0.3 is 11.9 Å². The number of hydrogen-bond donors (Lipinski definition) is 2. The topological polar surface area (TPSA) is 74.6 Å². The maximum atomic E-state index is 10.2. The number of aliphatic carboxylic acids is 2. The molecule has 18 heavy (non-hydrogen) atoms. The molecule has 0 amide bonds. The molecule has 0 unspecified atom stereocenters. The van der Waals surface area contributed by atoms with Gasteiger partial charge in [0.1, 0.15) is 0 Å². The van der Waals surface area contributed by atoms with Crippen LogP contribution in [0.15, 0.2) is 0 Å². The maximum Gasteiger partial charge on any atom is 0.303 e. The zero-order chi connectivity index (χ0) is 12.9. The van der Waals surface area contributed by atoms with Crippen molar-refractivity contribution in [2.24, 2.45) is 0 Å². The van der Waals surface area contributed by atoms with Gasteiger partial charge in [0.2, 0.25) is 0 Å². The van der Waals surface area contributed by atoms with Crippen LogP contribution in [0.2, 0.25) is 0 Å². The van der Waals surface area contributed by atoms with Gasteiger partial charge in [0.15, 0.2) is 0 Å². The molecule has 108 valence electrons. The molecule has 4 nitrogen and oxygen atoms in total. The van der Waals surface area contributed by atoms with Crippen LogP contribution in [-0.2, 0) is 9.59 Å². The third-order valence-corrected chi connectivity index (χ3v) is 2.78. The standard InChI is InChI=1S/C13H24O4.ClH/c14-12(15)10-8-6-4-2-1-3-5-7-9-11-13(16)17;/h1-11H2,(H,14,15)(H,16,17);1H. The van der Waals surface area contributed by atoms with E-state index in [1.54, 1.807) is 0 Å². The molecule has 0 aliphatic heterocycles. The summed E-state index contributed by atoms with van der Waals surface area (Å²) < 4.78 is 0. The Morgan fingerprint density at radius 3 is 1.00 bits per heavy atom. The van der Waals surface area contributed by atoms with E-state index in [0.717, 1.165) is 38.5 Å². The number of rotatable bonds is 12. The minimum absolute atomic E-state index is 0. The predicted molar refractivity (Wildman–Crippen MR) is 73.3 cm³/mol. The normalized spacial score (nSPS) is 9.78. The van der Waals surface area contributed by atoms with Crippen LogP contribution in [0, 0.1) is 0 Å². The zero-order valence-corrected chi connectivity index (χ0v) is 11.7. The molecule has 0 saturated heterocycles. The summed E-state index contributed by atoms with van der Waals surface area (Å²) in [5.41, 5.74) is 0. The highest BCUT2D eigenvalue weighted by atomic mass is 35.5. The van der Waals surface area contributed by atoms with Crippen molar-refractivity contribution in [3.05, 3.63) is 0 Å². The Bertz CT molecular complexity index is 197. The first kappa shape index (κ1) is 19.6. The van der Waals surface area contributed by atoms with E-state index in [1.807, 2.05) is 0 Å². The molecular formula is C13H25ClO4. The van der Waals surface area contributed by atoms with Crippen molar-refractivity contribution < 1.29 is 19.8 Å². The van der Waals surface area contributed by atoms with E-state index in [1.165, 1.54) is 19.3 Å². The van der Waals surface area contributed by atoms with Crippen molar-refractivity contribution in [3.63, 3.8) is 0 Å². The van der Waals surface area contributed by atoms with Crippen LogP contribution in [-0.4, -0.2) is 22.2 Å². The Morgan fingerprint density at radius 2 is 0.778 bits per heavy atom. The van der Waals surface area contributed by atoms with Gasteiger partial charge in [-0.15, -0.1) is 12.4 Å². The first-order chi connectivity index (χ1) is 8.13. The maximum absolute atomic E-state index is 10.2. The molecule has 0 fully saturated rings. The van der Waals surface area contributed by atoms with Crippen molar-refractivity contribution in [1.82, 2.24) is 0 Å². The monoisotopic (exact) mass is 280 g/mol. The fourth-order valence-corrected chi connectivity index (χ4v) is 1.79. The molecule has 0 aromatic rings. The van der Waals surface area contributed by atoms with Crippen molar-refractivity contribution in [1.29, 1.82) is 0 Å². The number of carbonyl (C=O) groups is 2. The Hall–Kier alpha value is -0.770. The van der Waals surface area contributed by atoms with E-state index in [-0.39, 0.29) is 25.2 Å². The lowest BCUT2D eigenvalue weighted by molar-refractivity contribution is -0.138. The number of carboxylic acid groups (broad SMARTS) is 2. The van der Waals surface area contributed by atoms with E-state index >= 15 is 0 Å². The van der Waals surface area contributed by atoms with E-state index in [4.69, 9.17) is 10.2 Å². The highest BCUT2D eigenvalue weighted by Gasteiger charge is 1.98. The van der Waals surface area contributed by atoms with Gasteiger partial charge in [-0.3, -0.25) is 9.59 Å². The average molecular weight is 281 g/mol. The van der Waals surface area contributed by atoms with Crippen LogP contribution >= 0.6 is 12.4 Å². The molecule has 0 radical (unpaired) electrons. The van der Waals surface area contributed by atoms with Gasteiger partial charge in [0.05, 0.1) is 0 Å². The molecule has 0 aliphatic rings. The first-order valence-corrected chi connectivity index (χ1v) is 6.56. The van der Waals surface area contributed by atoms with Gasteiger partial charge in [-0.1, -0.05) is 44.9 Å². The van der Waals surface area contributed by atoms with E-state index in [2.05, 4.69) is 0 Å². The molecule has 0 aromatic heterocycles. The van der Waals surface area contributed by atoms with Crippen LogP contribution in [0.25, 0.3) is 0 Å². The van der Waals surface area contributed by atoms with Crippen LogP contribution in [0.3, 0.4) is 0 Å². The van der Waals surface area contributed by atoms with E-state index in [0.29, 0.717) is 0 Å².